The van der Waals surface area contributed by atoms with Crippen molar-refractivity contribution < 1.29 is 4.39 Å². The number of nitrogens with one attached hydrogen (secondary N) is 1. The zero-order chi connectivity index (χ0) is 16.4. The van der Waals surface area contributed by atoms with E-state index in [1.165, 1.54) is 18.3 Å². The van der Waals surface area contributed by atoms with E-state index >= 15 is 0 Å². The molecule has 0 amide bonds. The average Bonchev–Trinajstić information content (AvgIpc) is 2.58. The highest BCUT2D eigenvalue weighted by Gasteiger charge is 2.20. The molecule has 0 bridgehead atoms. The summed E-state index contributed by atoms with van der Waals surface area (Å²) in [6, 6.07) is 6.45. The van der Waals surface area contributed by atoms with Gasteiger partial charge in [0.1, 0.15) is 11.9 Å². The molecular formula is C15H10ClFN4S2. The standard InChI is InChI=1S/C15H10ClFN4S2/c1-22-12-7-23-14-13(8(5-18)6-19-15(14)21-12)20-9-2-3-11(17)10(16)4-9/h2-4,6H,7H2,1H3,(H,19,20). The minimum atomic E-state index is -0.488. The van der Waals surface area contributed by atoms with Gasteiger partial charge < -0.3 is 5.32 Å². The largest absolute Gasteiger partial charge is 0.353 e. The lowest BCUT2D eigenvalue weighted by Gasteiger charge is -2.18. The minimum absolute atomic E-state index is 0.0202. The molecule has 1 N–H and O–H groups in total. The van der Waals surface area contributed by atoms with Crippen LogP contribution in [0.5, 0.6) is 0 Å². The molecule has 0 fully saturated rings. The lowest BCUT2D eigenvalue weighted by Crippen LogP contribution is -2.05. The Morgan fingerprint density at radius 3 is 3.00 bits per heavy atom. The first-order chi connectivity index (χ1) is 11.1. The molecule has 0 atom stereocenters. The third kappa shape index (κ3) is 3.29. The number of fused-ring (bicyclic) bond motifs is 1. The topological polar surface area (TPSA) is 61.1 Å². The van der Waals surface area contributed by atoms with Crippen LogP contribution in [-0.2, 0) is 0 Å². The molecule has 0 saturated heterocycles. The number of aromatic nitrogens is 1. The van der Waals surface area contributed by atoms with Crippen LogP contribution >= 0.6 is 35.1 Å². The maximum atomic E-state index is 13.3. The van der Waals surface area contributed by atoms with Crippen LogP contribution in [-0.4, -0.2) is 22.0 Å². The summed E-state index contributed by atoms with van der Waals surface area (Å²) in [4.78, 5) is 9.55. The van der Waals surface area contributed by atoms with Crippen molar-refractivity contribution in [2.75, 3.05) is 17.3 Å². The number of hydrogen-bond acceptors (Lipinski definition) is 6. The molecule has 1 aromatic heterocycles. The normalized spacial score (nSPS) is 13.0. The Balaban J connectivity index is 2.06. The van der Waals surface area contributed by atoms with Gasteiger partial charge in [0.25, 0.3) is 0 Å². The van der Waals surface area contributed by atoms with Crippen LogP contribution in [0.4, 0.5) is 21.6 Å². The van der Waals surface area contributed by atoms with Crippen molar-refractivity contribution in [2.24, 2.45) is 4.99 Å². The summed E-state index contributed by atoms with van der Waals surface area (Å²) in [5.74, 6) is 0.821. The summed E-state index contributed by atoms with van der Waals surface area (Å²) < 4.78 is 13.3. The van der Waals surface area contributed by atoms with Gasteiger partial charge in [-0.05, 0) is 24.5 Å². The highest BCUT2D eigenvalue weighted by molar-refractivity contribution is 8.15. The van der Waals surface area contributed by atoms with E-state index in [-0.39, 0.29) is 5.02 Å². The number of anilines is 2. The number of thioether (sulfide) groups is 2. The van der Waals surface area contributed by atoms with Crippen molar-refractivity contribution in [3.8, 4) is 6.07 Å². The van der Waals surface area contributed by atoms with Crippen molar-refractivity contribution in [1.29, 1.82) is 5.26 Å². The maximum absolute atomic E-state index is 13.3. The molecule has 23 heavy (non-hydrogen) atoms. The number of hydrogen-bond donors (Lipinski definition) is 1. The first-order valence-corrected chi connectivity index (χ1v) is 9.10. The van der Waals surface area contributed by atoms with E-state index in [0.717, 1.165) is 15.7 Å². The molecule has 0 aliphatic carbocycles. The summed E-state index contributed by atoms with van der Waals surface area (Å²) in [5.41, 5.74) is 1.62. The SMILES string of the molecule is CSC1=Nc2ncc(C#N)c(Nc3ccc(F)c(Cl)c3)c2SC1. The Morgan fingerprint density at radius 1 is 1.48 bits per heavy atom. The van der Waals surface area contributed by atoms with Gasteiger partial charge in [-0.1, -0.05) is 11.6 Å². The van der Waals surface area contributed by atoms with Crippen LogP contribution in [0, 0.1) is 17.1 Å². The Labute approximate surface area is 146 Å². The highest BCUT2D eigenvalue weighted by atomic mass is 35.5. The number of halogens is 2. The van der Waals surface area contributed by atoms with E-state index in [4.69, 9.17) is 11.6 Å². The van der Waals surface area contributed by atoms with Gasteiger partial charge >= 0.3 is 0 Å². The van der Waals surface area contributed by atoms with E-state index < -0.39 is 5.82 Å². The lowest BCUT2D eigenvalue weighted by molar-refractivity contribution is 0.628. The Morgan fingerprint density at radius 2 is 2.30 bits per heavy atom. The summed E-state index contributed by atoms with van der Waals surface area (Å²) in [6.07, 6.45) is 3.45. The molecule has 8 heteroatoms. The summed E-state index contributed by atoms with van der Waals surface area (Å²) >= 11 is 8.96. The van der Waals surface area contributed by atoms with Crippen LogP contribution in [0.2, 0.25) is 5.02 Å². The third-order valence-corrected chi connectivity index (χ3v) is 5.40. The molecule has 0 unspecified atom stereocenters. The van der Waals surface area contributed by atoms with Crippen LogP contribution in [0.1, 0.15) is 5.56 Å². The second-order valence-electron chi connectivity index (χ2n) is 4.56. The summed E-state index contributed by atoms with van der Waals surface area (Å²) in [5, 5.41) is 13.5. The molecule has 116 valence electrons. The molecule has 4 nitrogen and oxygen atoms in total. The lowest BCUT2D eigenvalue weighted by atomic mass is 10.2. The van der Waals surface area contributed by atoms with Gasteiger partial charge in [-0.2, -0.15) is 5.26 Å². The molecule has 0 saturated carbocycles. The van der Waals surface area contributed by atoms with E-state index in [1.54, 1.807) is 29.6 Å². The van der Waals surface area contributed by atoms with Crippen molar-refractivity contribution in [3.63, 3.8) is 0 Å². The Kier molecular flexibility index (Phi) is 4.76. The van der Waals surface area contributed by atoms with Crippen LogP contribution in [0.15, 0.2) is 34.3 Å². The average molecular weight is 365 g/mol. The Bertz CT molecular complexity index is 848. The van der Waals surface area contributed by atoms with Crippen LogP contribution in [0.3, 0.4) is 0 Å². The number of rotatable bonds is 2. The maximum Gasteiger partial charge on any atom is 0.168 e. The van der Waals surface area contributed by atoms with Crippen molar-refractivity contribution in [1.82, 2.24) is 4.98 Å². The first kappa shape index (κ1) is 16.1. The van der Waals surface area contributed by atoms with Gasteiger partial charge in [-0.3, -0.25) is 0 Å². The minimum Gasteiger partial charge on any atom is -0.353 e. The van der Waals surface area contributed by atoms with E-state index in [1.807, 2.05) is 6.26 Å². The number of pyridine rings is 1. The van der Waals surface area contributed by atoms with Crippen molar-refractivity contribution in [3.05, 3.63) is 40.8 Å². The van der Waals surface area contributed by atoms with Crippen LogP contribution in [0.25, 0.3) is 0 Å². The fourth-order valence-electron chi connectivity index (χ4n) is 2.02. The number of nitrogens with zero attached hydrogens (tertiary/aromatic N) is 3. The van der Waals surface area contributed by atoms with Crippen LogP contribution < -0.4 is 5.32 Å². The molecule has 1 aliphatic heterocycles. The number of aliphatic imine (C=N–C) groups is 1. The summed E-state index contributed by atoms with van der Waals surface area (Å²) in [7, 11) is 0. The molecule has 0 radical (unpaired) electrons. The number of nitriles is 1. The zero-order valence-corrected chi connectivity index (χ0v) is 14.3. The molecule has 3 rings (SSSR count). The third-order valence-electron chi connectivity index (χ3n) is 3.13. The highest BCUT2D eigenvalue weighted by Crippen LogP contribution is 2.42. The molecule has 2 heterocycles. The molecule has 1 aliphatic rings. The van der Waals surface area contributed by atoms with Gasteiger partial charge in [-0.25, -0.2) is 14.4 Å². The molecule has 1 aromatic carbocycles. The monoisotopic (exact) mass is 364 g/mol. The van der Waals surface area contributed by atoms with Gasteiger partial charge in [0, 0.05) is 17.6 Å². The summed E-state index contributed by atoms with van der Waals surface area (Å²) in [6.45, 7) is 0. The predicted molar refractivity (Wildman–Crippen MR) is 95.0 cm³/mol. The molecule has 2 aromatic rings. The van der Waals surface area contributed by atoms with Crippen molar-refractivity contribution in [2.45, 2.75) is 4.90 Å². The second-order valence-corrected chi connectivity index (χ2v) is 6.84. The van der Waals surface area contributed by atoms with Gasteiger partial charge in [0.2, 0.25) is 0 Å². The van der Waals surface area contributed by atoms with Gasteiger partial charge in [0.05, 0.1) is 26.2 Å². The quantitative estimate of drug-likeness (QED) is 0.813. The van der Waals surface area contributed by atoms with Crippen molar-refractivity contribution >= 4 is 57.4 Å². The fourth-order valence-corrected chi connectivity index (χ4v) is 3.89. The van der Waals surface area contributed by atoms with Gasteiger partial charge in [-0.15, -0.1) is 23.5 Å². The van der Waals surface area contributed by atoms with Gasteiger partial charge in [0.15, 0.2) is 5.82 Å². The Hall–Kier alpha value is -1.75. The first-order valence-electron chi connectivity index (χ1n) is 6.52. The zero-order valence-electron chi connectivity index (χ0n) is 11.9. The van der Waals surface area contributed by atoms with E-state index in [9.17, 15) is 9.65 Å². The molecule has 0 spiro atoms. The van der Waals surface area contributed by atoms with E-state index in [0.29, 0.717) is 22.8 Å². The predicted octanol–water partition coefficient (Wildman–Crippen LogP) is 4.99. The second kappa shape index (κ2) is 6.79. The van der Waals surface area contributed by atoms with E-state index in [2.05, 4.69) is 21.4 Å². The molecular weight excluding hydrogens is 355 g/mol. The number of benzene rings is 1. The smallest absolute Gasteiger partial charge is 0.168 e. The fraction of sp³-hybridized carbons (Fsp3) is 0.133.